The number of aryl methyl sites for hydroxylation is 4. The lowest BCUT2D eigenvalue weighted by atomic mass is 10.1. The largest absolute Gasteiger partial charge is 0.494 e. The van der Waals surface area contributed by atoms with Crippen LogP contribution in [0.4, 0.5) is 5.82 Å². The lowest BCUT2D eigenvalue weighted by molar-refractivity contribution is -0.139. The highest BCUT2D eigenvalue weighted by Crippen LogP contribution is 2.26. The number of aliphatic carboxylic acids is 1. The molecule has 1 atom stereocenters. The number of likely N-dealkylation sites (N-methyl/N-ethyl adjacent to an activating group) is 1. The maximum absolute atomic E-state index is 13.2. The SMILES string of the molecule is CNCCNC(=O)CCCOc1cc(C)c(S(=O)(=O)NC(CNC(=O)CCCCc2ccc3c(n2)NCCC3)C(=O)O)c(C)c1. The first-order valence-electron chi connectivity index (χ1n) is 15.4. The Morgan fingerprint density at radius 2 is 1.73 bits per heavy atom. The predicted molar refractivity (Wildman–Crippen MR) is 171 cm³/mol. The Labute approximate surface area is 265 Å². The molecule has 1 aromatic carbocycles. The molecule has 13 nitrogen and oxygen atoms in total. The summed E-state index contributed by atoms with van der Waals surface area (Å²) in [5.74, 6) is -0.460. The predicted octanol–water partition coefficient (Wildman–Crippen LogP) is 1.81. The maximum atomic E-state index is 13.2. The molecule has 248 valence electrons. The molecule has 0 saturated carbocycles. The average molecular weight is 647 g/mol. The molecule has 1 aromatic heterocycles. The molecule has 0 spiro atoms. The molecular weight excluding hydrogens is 600 g/mol. The fourth-order valence-electron chi connectivity index (χ4n) is 5.09. The number of carboxylic acid groups (broad SMARTS) is 1. The number of amides is 2. The lowest BCUT2D eigenvalue weighted by Gasteiger charge is -2.19. The molecule has 0 saturated heterocycles. The molecule has 2 heterocycles. The third kappa shape index (κ3) is 11.6. The monoisotopic (exact) mass is 646 g/mol. The van der Waals surface area contributed by atoms with Gasteiger partial charge < -0.3 is 31.1 Å². The summed E-state index contributed by atoms with van der Waals surface area (Å²) in [5, 5.41) is 21.3. The zero-order valence-electron chi connectivity index (χ0n) is 26.3. The molecule has 0 fully saturated rings. The molecule has 3 rings (SSSR count). The van der Waals surface area contributed by atoms with Crippen LogP contribution in [0.25, 0.3) is 0 Å². The number of carboxylic acids is 1. The van der Waals surface area contributed by atoms with Gasteiger partial charge in [0.1, 0.15) is 17.6 Å². The average Bonchev–Trinajstić information content (AvgIpc) is 2.99. The van der Waals surface area contributed by atoms with E-state index in [4.69, 9.17) is 4.74 Å². The summed E-state index contributed by atoms with van der Waals surface area (Å²) in [6.45, 7) is 5.20. The van der Waals surface area contributed by atoms with Crippen molar-refractivity contribution in [2.45, 2.75) is 76.2 Å². The number of anilines is 1. The van der Waals surface area contributed by atoms with E-state index in [1.54, 1.807) is 33.0 Å². The first-order chi connectivity index (χ1) is 21.5. The van der Waals surface area contributed by atoms with Crippen molar-refractivity contribution in [2.75, 3.05) is 45.2 Å². The topological polar surface area (TPSA) is 188 Å². The Morgan fingerprint density at radius 3 is 2.44 bits per heavy atom. The number of pyridine rings is 1. The minimum atomic E-state index is -4.24. The van der Waals surface area contributed by atoms with E-state index >= 15 is 0 Å². The Balaban J connectivity index is 1.45. The van der Waals surface area contributed by atoms with Crippen LogP contribution in [-0.4, -0.2) is 82.2 Å². The van der Waals surface area contributed by atoms with Crippen LogP contribution < -0.4 is 30.7 Å². The molecule has 2 amide bonds. The molecule has 14 heteroatoms. The summed E-state index contributed by atoms with van der Waals surface area (Å²) in [4.78, 5) is 40.7. The standard InChI is InChI=1S/C31H46N6O7S/c1-21-18-25(44-17-7-11-27(38)33-16-15-32-3)19-22(2)29(21)45(42,43)37-26(31(40)41)20-35-28(39)10-5-4-9-24-13-12-23-8-6-14-34-30(23)36-24/h12-13,18-19,26,32,37H,4-11,14-17,20H2,1-3H3,(H,33,38)(H,34,36)(H,35,39)(H,40,41). The van der Waals surface area contributed by atoms with Gasteiger partial charge in [-0.3, -0.25) is 14.4 Å². The molecular formula is C31H46N6O7S. The summed E-state index contributed by atoms with van der Waals surface area (Å²) in [7, 11) is -2.44. The van der Waals surface area contributed by atoms with Crippen molar-refractivity contribution in [2.24, 2.45) is 0 Å². The molecule has 1 unspecified atom stereocenters. The van der Waals surface area contributed by atoms with E-state index in [9.17, 15) is 27.9 Å². The lowest BCUT2D eigenvalue weighted by Crippen LogP contribution is -2.48. The van der Waals surface area contributed by atoms with E-state index < -0.39 is 28.6 Å². The number of hydrogen-bond acceptors (Lipinski definition) is 9. The van der Waals surface area contributed by atoms with Crippen LogP contribution in [-0.2, 0) is 37.2 Å². The van der Waals surface area contributed by atoms with Crippen molar-refractivity contribution in [3.05, 3.63) is 46.6 Å². The number of sulfonamides is 1. The van der Waals surface area contributed by atoms with Gasteiger partial charge in [0.2, 0.25) is 21.8 Å². The number of carbonyl (C=O) groups excluding carboxylic acids is 2. The van der Waals surface area contributed by atoms with Gasteiger partial charge in [-0.2, -0.15) is 4.72 Å². The zero-order chi connectivity index (χ0) is 32.8. The van der Waals surface area contributed by atoms with Gasteiger partial charge >= 0.3 is 5.97 Å². The highest BCUT2D eigenvalue weighted by Gasteiger charge is 2.28. The Kier molecular flexibility index (Phi) is 14.0. The first-order valence-corrected chi connectivity index (χ1v) is 16.9. The summed E-state index contributed by atoms with van der Waals surface area (Å²) in [5.41, 5.74) is 2.92. The Bertz CT molecular complexity index is 1410. The fraction of sp³-hybridized carbons (Fsp3) is 0.548. The van der Waals surface area contributed by atoms with Crippen molar-refractivity contribution in [1.29, 1.82) is 0 Å². The van der Waals surface area contributed by atoms with Gasteiger partial charge in [-0.1, -0.05) is 6.07 Å². The van der Waals surface area contributed by atoms with Gasteiger partial charge in [-0.05, 0) is 94.3 Å². The Morgan fingerprint density at radius 1 is 1.02 bits per heavy atom. The number of unbranched alkanes of at least 4 members (excludes halogenated alkanes) is 1. The first kappa shape index (κ1) is 35.7. The minimum Gasteiger partial charge on any atom is -0.494 e. The summed E-state index contributed by atoms with van der Waals surface area (Å²) < 4.78 is 34.4. The van der Waals surface area contributed by atoms with Crippen LogP contribution >= 0.6 is 0 Å². The van der Waals surface area contributed by atoms with Gasteiger partial charge in [0.05, 0.1) is 11.5 Å². The van der Waals surface area contributed by atoms with Crippen LogP contribution in [0.2, 0.25) is 0 Å². The van der Waals surface area contributed by atoms with E-state index in [0.717, 1.165) is 43.7 Å². The molecule has 6 N–H and O–H groups in total. The number of ether oxygens (including phenoxy) is 1. The second-order valence-corrected chi connectivity index (χ2v) is 12.8. The number of benzene rings is 1. The minimum absolute atomic E-state index is 0.0534. The van der Waals surface area contributed by atoms with Crippen LogP contribution in [0.15, 0.2) is 29.2 Å². The van der Waals surface area contributed by atoms with Crippen LogP contribution in [0.5, 0.6) is 5.75 Å². The number of hydrogen-bond donors (Lipinski definition) is 6. The quantitative estimate of drug-likeness (QED) is 0.123. The van der Waals surface area contributed by atoms with Gasteiger partial charge in [0.25, 0.3) is 0 Å². The normalized spacial score (nSPS) is 13.3. The number of nitrogens with zero attached hydrogens (tertiary/aromatic N) is 1. The van der Waals surface area contributed by atoms with Crippen LogP contribution in [0.1, 0.15) is 60.9 Å². The number of carbonyl (C=O) groups is 3. The van der Waals surface area contributed by atoms with Crippen molar-refractivity contribution in [3.63, 3.8) is 0 Å². The van der Waals surface area contributed by atoms with Crippen molar-refractivity contribution in [3.8, 4) is 5.75 Å². The highest BCUT2D eigenvalue weighted by atomic mass is 32.2. The maximum Gasteiger partial charge on any atom is 0.323 e. The molecule has 0 aliphatic carbocycles. The van der Waals surface area contributed by atoms with Crippen molar-refractivity contribution in [1.82, 2.24) is 25.7 Å². The van der Waals surface area contributed by atoms with E-state index in [-0.39, 0.29) is 29.7 Å². The van der Waals surface area contributed by atoms with Crippen molar-refractivity contribution < 1.29 is 32.6 Å². The van der Waals surface area contributed by atoms with E-state index in [2.05, 4.69) is 37.0 Å². The zero-order valence-corrected chi connectivity index (χ0v) is 27.1. The molecule has 45 heavy (non-hydrogen) atoms. The van der Waals surface area contributed by atoms with Crippen LogP contribution in [0.3, 0.4) is 0 Å². The van der Waals surface area contributed by atoms with Gasteiger partial charge in [0, 0.05) is 44.7 Å². The summed E-state index contributed by atoms with van der Waals surface area (Å²) >= 11 is 0. The summed E-state index contributed by atoms with van der Waals surface area (Å²) in [6, 6.07) is 5.66. The molecule has 1 aliphatic heterocycles. The number of fused-ring (bicyclic) bond motifs is 1. The highest BCUT2D eigenvalue weighted by molar-refractivity contribution is 7.89. The van der Waals surface area contributed by atoms with Crippen LogP contribution in [0, 0.1) is 13.8 Å². The number of aromatic nitrogens is 1. The van der Waals surface area contributed by atoms with E-state index in [0.29, 0.717) is 49.2 Å². The summed E-state index contributed by atoms with van der Waals surface area (Å²) in [6.07, 6.45) is 5.12. The van der Waals surface area contributed by atoms with Gasteiger partial charge in [0.15, 0.2) is 0 Å². The van der Waals surface area contributed by atoms with Crippen molar-refractivity contribution >= 4 is 33.6 Å². The second kappa shape index (κ2) is 17.7. The second-order valence-electron chi connectivity index (χ2n) is 11.2. The third-order valence-electron chi connectivity index (χ3n) is 7.35. The van der Waals surface area contributed by atoms with Gasteiger partial charge in [-0.25, -0.2) is 13.4 Å². The fourth-order valence-corrected chi connectivity index (χ4v) is 6.73. The van der Waals surface area contributed by atoms with E-state index in [1.165, 1.54) is 5.56 Å². The van der Waals surface area contributed by atoms with Gasteiger partial charge in [-0.15, -0.1) is 0 Å². The molecule has 2 aromatic rings. The molecule has 1 aliphatic rings. The third-order valence-corrected chi connectivity index (χ3v) is 9.13. The number of nitrogens with one attached hydrogen (secondary N) is 5. The molecule has 0 bridgehead atoms. The molecule has 0 radical (unpaired) electrons. The Hall–Kier alpha value is -3.75. The number of rotatable bonds is 19. The smallest absolute Gasteiger partial charge is 0.323 e. The van der Waals surface area contributed by atoms with E-state index in [1.807, 2.05) is 6.07 Å².